The molecule has 1 aliphatic rings. The van der Waals surface area contributed by atoms with Gasteiger partial charge in [0, 0.05) is 0 Å². The third-order valence-electron chi connectivity index (χ3n) is 3.77. The van der Waals surface area contributed by atoms with Gasteiger partial charge in [0.15, 0.2) is 0 Å². The van der Waals surface area contributed by atoms with Crippen LogP contribution in [0.5, 0.6) is 0 Å². The summed E-state index contributed by atoms with van der Waals surface area (Å²) in [6.07, 6.45) is 2.64. The topological polar surface area (TPSA) is 17.1 Å². The maximum absolute atomic E-state index is 11.9. The maximum atomic E-state index is 11.9. The molecule has 2 heteroatoms. The number of rotatable bonds is 4. The van der Waals surface area contributed by atoms with E-state index in [2.05, 4.69) is 27.7 Å². The van der Waals surface area contributed by atoms with E-state index < -0.39 is 8.07 Å². The average Bonchev–Trinajstić information content (AvgIpc) is 2.69. The third kappa shape index (κ3) is 1.61. The monoisotopic (exact) mass is 198 g/mol. The minimum atomic E-state index is -1.63. The predicted octanol–water partition coefficient (Wildman–Crippen LogP) is 3.55. The minimum Gasteiger partial charge on any atom is -0.306 e. The quantitative estimate of drug-likeness (QED) is 0.631. The van der Waals surface area contributed by atoms with Crippen LogP contribution in [0.2, 0.25) is 16.6 Å². The lowest BCUT2D eigenvalue weighted by Gasteiger charge is -2.37. The van der Waals surface area contributed by atoms with Gasteiger partial charge in [-0.2, -0.15) is 0 Å². The Balaban J connectivity index is 2.99. The number of carbonyl (C=O) groups is 1. The largest absolute Gasteiger partial charge is 0.306 e. The van der Waals surface area contributed by atoms with Crippen molar-refractivity contribution in [1.82, 2.24) is 0 Å². The van der Waals surface area contributed by atoms with Crippen LogP contribution < -0.4 is 0 Å². The predicted molar refractivity (Wildman–Crippen MR) is 59.6 cm³/mol. The number of hydrogen-bond acceptors (Lipinski definition) is 1. The highest BCUT2D eigenvalue weighted by Gasteiger charge is 2.54. The van der Waals surface area contributed by atoms with E-state index >= 15 is 0 Å². The molecule has 0 aliphatic heterocycles. The van der Waals surface area contributed by atoms with Crippen molar-refractivity contribution >= 4 is 13.5 Å². The van der Waals surface area contributed by atoms with Crippen molar-refractivity contribution in [2.24, 2.45) is 0 Å². The molecule has 1 aliphatic carbocycles. The first kappa shape index (κ1) is 11.0. The summed E-state index contributed by atoms with van der Waals surface area (Å²) < 4.78 is 0. The van der Waals surface area contributed by atoms with E-state index in [-0.39, 0.29) is 0 Å². The molecular formula is C11H22OSi. The van der Waals surface area contributed by atoms with Crippen molar-refractivity contribution in [3.63, 3.8) is 0 Å². The molecule has 0 saturated heterocycles. The van der Waals surface area contributed by atoms with Crippen molar-refractivity contribution in [3.05, 3.63) is 0 Å². The van der Waals surface area contributed by atoms with Crippen LogP contribution >= 0.6 is 0 Å². The highest BCUT2D eigenvalue weighted by molar-refractivity contribution is 7.08. The zero-order chi connectivity index (χ0) is 10.2. The van der Waals surface area contributed by atoms with Crippen LogP contribution in [-0.4, -0.2) is 13.5 Å². The molecule has 0 spiro atoms. The highest BCUT2D eigenvalue weighted by Crippen LogP contribution is 2.54. The van der Waals surface area contributed by atoms with Gasteiger partial charge < -0.3 is 4.79 Å². The Hall–Kier alpha value is -0.113. The van der Waals surface area contributed by atoms with Gasteiger partial charge in [0.05, 0.1) is 0 Å². The second kappa shape index (κ2) is 3.56. The van der Waals surface area contributed by atoms with Crippen molar-refractivity contribution in [1.29, 1.82) is 0 Å². The summed E-state index contributed by atoms with van der Waals surface area (Å²) in [4.78, 5) is 11.9. The third-order valence-corrected chi connectivity index (χ3v) is 10.7. The molecular weight excluding hydrogens is 176 g/mol. The van der Waals surface area contributed by atoms with Gasteiger partial charge in [-0.15, -0.1) is 0 Å². The first-order valence-electron chi connectivity index (χ1n) is 5.45. The van der Waals surface area contributed by atoms with Crippen LogP contribution in [0.1, 0.15) is 47.5 Å². The van der Waals surface area contributed by atoms with E-state index in [0.717, 1.165) is 5.54 Å². The second-order valence-electron chi connectivity index (χ2n) is 5.07. The molecule has 0 bridgehead atoms. The zero-order valence-electron chi connectivity index (χ0n) is 9.55. The molecule has 0 atom stereocenters. The van der Waals surface area contributed by atoms with Crippen molar-refractivity contribution in [3.8, 4) is 0 Å². The van der Waals surface area contributed by atoms with Crippen molar-refractivity contribution in [2.45, 2.75) is 64.1 Å². The fraction of sp³-hybridized carbons (Fsp3) is 0.909. The summed E-state index contributed by atoms with van der Waals surface area (Å²) in [7, 11) is -1.63. The molecule has 0 heterocycles. The Morgan fingerprint density at radius 1 is 1.15 bits per heavy atom. The van der Waals surface area contributed by atoms with E-state index in [1.165, 1.54) is 12.8 Å². The minimum absolute atomic E-state index is 0.542. The lowest BCUT2D eigenvalue weighted by atomic mass is 10.5. The van der Waals surface area contributed by atoms with Gasteiger partial charge in [-0.05, 0) is 23.5 Å². The second-order valence-corrected chi connectivity index (χ2v) is 10.8. The molecule has 0 aromatic carbocycles. The Labute approximate surface area is 82.9 Å². The van der Waals surface area contributed by atoms with Gasteiger partial charge in [0.1, 0.15) is 13.5 Å². The first-order chi connectivity index (χ1) is 5.94. The SMILES string of the molecule is CC(=O)[Si](C(C)C)(C(C)C)C1CC1. The molecule has 0 N–H and O–H groups in total. The fourth-order valence-electron chi connectivity index (χ4n) is 3.27. The van der Waals surface area contributed by atoms with E-state index in [4.69, 9.17) is 0 Å². The maximum Gasteiger partial charge on any atom is 0.140 e. The van der Waals surface area contributed by atoms with Gasteiger partial charge in [0.25, 0.3) is 0 Å². The zero-order valence-corrected chi connectivity index (χ0v) is 10.6. The van der Waals surface area contributed by atoms with Crippen LogP contribution in [0.3, 0.4) is 0 Å². The van der Waals surface area contributed by atoms with Gasteiger partial charge in [0.2, 0.25) is 0 Å². The van der Waals surface area contributed by atoms with Crippen LogP contribution in [0.25, 0.3) is 0 Å². The first-order valence-corrected chi connectivity index (χ1v) is 7.68. The summed E-state index contributed by atoms with van der Waals surface area (Å²) in [5.41, 5.74) is 2.06. The molecule has 1 saturated carbocycles. The molecule has 13 heavy (non-hydrogen) atoms. The Morgan fingerprint density at radius 3 is 1.62 bits per heavy atom. The van der Waals surface area contributed by atoms with E-state index in [9.17, 15) is 4.79 Å². The summed E-state index contributed by atoms with van der Waals surface area (Å²) in [6, 6.07) is 0. The molecule has 0 unspecified atom stereocenters. The number of carbonyl (C=O) groups excluding carboxylic acids is 1. The van der Waals surface area contributed by atoms with Crippen LogP contribution in [0.4, 0.5) is 0 Å². The molecule has 76 valence electrons. The summed E-state index contributed by atoms with van der Waals surface area (Å²) >= 11 is 0. The van der Waals surface area contributed by atoms with Gasteiger partial charge >= 0.3 is 0 Å². The van der Waals surface area contributed by atoms with Crippen LogP contribution in [0.15, 0.2) is 0 Å². The number of hydrogen-bond donors (Lipinski definition) is 0. The van der Waals surface area contributed by atoms with Crippen LogP contribution in [0, 0.1) is 0 Å². The lowest BCUT2D eigenvalue weighted by Crippen LogP contribution is -2.49. The van der Waals surface area contributed by atoms with Gasteiger partial charge in [-0.1, -0.05) is 40.5 Å². The molecule has 1 nitrogen and oxygen atoms in total. The van der Waals surface area contributed by atoms with Gasteiger partial charge in [-0.3, -0.25) is 0 Å². The summed E-state index contributed by atoms with van der Waals surface area (Å²) in [5.74, 6) is 0. The Kier molecular flexibility index (Phi) is 3.00. The lowest BCUT2D eigenvalue weighted by molar-refractivity contribution is -0.111. The fourth-order valence-corrected chi connectivity index (χ4v) is 9.81. The summed E-state index contributed by atoms with van der Waals surface area (Å²) in [6.45, 7) is 10.9. The van der Waals surface area contributed by atoms with E-state index in [1.54, 1.807) is 0 Å². The molecule has 0 radical (unpaired) electrons. The Morgan fingerprint density at radius 2 is 1.54 bits per heavy atom. The molecule has 0 amide bonds. The molecule has 1 fully saturated rings. The van der Waals surface area contributed by atoms with E-state index in [0.29, 0.717) is 16.5 Å². The normalized spacial score (nSPS) is 18.4. The highest BCUT2D eigenvalue weighted by atomic mass is 28.3. The summed E-state index contributed by atoms with van der Waals surface area (Å²) in [5, 5.41) is 0.542. The molecule has 0 aromatic rings. The van der Waals surface area contributed by atoms with Crippen LogP contribution in [-0.2, 0) is 4.79 Å². The molecule has 0 aromatic heterocycles. The Bertz CT molecular complexity index is 191. The smallest absolute Gasteiger partial charge is 0.140 e. The standard InChI is InChI=1S/C11H22OSi/c1-8(2)13(9(3)4,10(5)12)11-6-7-11/h8-9,11H,6-7H2,1-5H3. The average molecular weight is 198 g/mol. The van der Waals surface area contributed by atoms with E-state index in [1.807, 2.05) is 6.92 Å². The van der Waals surface area contributed by atoms with Crippen molar-refractivity contribution in [2.75, 3.05) is 0 Å². The molecule has 1 rings (SSSR count). The van der Waals surface area contributed by atoms with Crippen molar-refractivity contribution < 1.29 is 4.79 Å². The van der Waals surface area contributed by atoms with Gasteiger partial charge in [-0.25, -0.2) is 0 Å².